The molecular formula is C47H76O3. The number of carbonyl (C=O) groups excluding carboxylic acids is 1. The van der Waals surface area contributed by atoms with Crippen LogP contribution in [0.15, 0.2) is 48.1 Å². The van der Waals surface area contributed by atoms with Crippen LogP contribution in [0.3, 0.4) is 0 Å². The number of hydrogen-bond donors (Lipinski definition) is 0. The molecule has 0 aromatic heterocycles. The highest BCUT2D eigenvalue weighted by Gasteiger charge is 2.59. The van der Waals surface area contributed by atoms with Crippen molar-refractivity contribution >= 4 is 5.97 Å². The van der Waals surface area contributed by atoms with Gasteiger partial charge in [-0.25, -0.2) is 0 Å². The van der Waals surface area contributed by atoms with E-state index in [1.807, 2.05) is 0 Å². The zero-order valence-corrected chi connectivity index (χ0v) is 33.3. The molecule has 0 bridgehead atoms. The standard InChI is InChI=1S/C47H76O3/c1-7-8-9-10-11-12-13-14-15-16-17-18-23-43-44(50-43)24-20-25-45(48)49-38-30-32-46(5)37(34-38)26-27-39-41-29-28-40(36(4)22-19-21-35(2)3)47(41,6)33-31-42(39)46/h11-12,14-15,17-18,26,35-36,38-44H,7-10,13,16,19-25,27-34H2,1-6H3/b12-11-,15-14-,18-17-/t36-,38+,39+,40-,41+,42+,43?,44?,46+,47-/m1/s1. The summed E-state index contributed by atoms with van der Waals surface area (Å²) in [7, 11) is 0. The maximum atomic E-state index is 12.9. The van der Waals surface area contributed by atoms with E-state index in [1.165, 1.54) is 83.5 Å². The number of hydrogen-bond acceptors (Lipinski definition) is 3. The molecule has 50 heavy (non-hydrogen) atoms. The third-order valence-electron chi connectivity index (χ3n) is 14.5. The summed E-state index contributed by atoms with van der Waals surface area (Å²) < 4.78 is 12.0. The van der Waals surface area contributed by atoms with E-state index in [1.54, 1.807) is 5.57 Å². The second-order valence-electron chi connectivity index (χ2n) is 18.4. The lowest BCUT2D eigenvalue weighted by Crippen LogP contribution is -2.51. The molecular weight excluding hydrogens is 613 g/mol. The zero-order valence-electron chi connectivity index (χ0n) is 33.3. The van der Waals surface area contributed by atoms with Gasteiger partial charge in [0.05, 0.1) is 12.2 Å². The lowest BCUT2D eigenvalue weighted by Gasteiger charge is -2.58. The first-order valence-electron chi connectivity index (χ1n) is 21.6. The second-order valence-corrected chi connectivity index (χ2v) is 18.4. The first-order valence-corrected chi connectivity index (χ1v) is 21.6. The Morgan fingerprint density at radius 3 is 2.44 bits per heavy atom. The first-order chi connectivity index (χ1) is 24.2. The molecule has 3 nitrogen and oxygen atoms in total. The van der Waals surface area contributed by atoms with Crippen LogP contribution in [-0.4, -0.2) is 24.3 Å². The van der Waals surface area contributed by atoms with E-state index >= 15 is 0 Å². The maximum absolute atomic E-state index is 12.9. The molecule has 5 rings (SSSR count). The summed E-state index contributed by atoms with van der Waals surface area (Å²) >= 11 is 0. The predicted molar refractivity (Wildman–Crippen MR) is 211 cm³/mol. The highest BCUT2D eigenvalue weighted by atomic mass is 16.6. The van der Waals surface area contributed by atoms with Crippen molar-refractivity contribution in [1.29, 1.82) is 0 Å². The van der Waals surface area contributed by atoms with E-state index in [0.29, 0.717) is 29.5 Å². The van der Waals surface area contributed by atoms with Gasteiger partial charge in [-0.05, 0) is 136 Å². The molecule has 2 unspecified atom stereocenters. The average molecular weight is 689 g/mol. The Morgan fingerprint density at radius 2 is 1.66 bits per heavy atom. The summed E-state index contributed by atoms with van der Waals surface area (Å²) in [6.45, 7) is 14.9. The van der Waals surface area contributed by atoms with Crippen LogP contribution in [0.25, 0.3) is 0 Å². The summed E-state index contributed by atoms with van der Waals surface area (Å²) in [5.41, 5.74) is 2.47. The zero-order chi connectivity index (χ0) is 35.6. The van der Waals surface area contributed by atoms with Gasteiger partial charge in [0.15, 0.2) is 0 Å². The molecule has 5 aliphatic rings. The van der Waals surface area contributed by atoms with Gasteiger partial charge in [0.1, 0.15) is 6.10 Å². The number of rotatable bonds is 20. The fourth-order valence-corrected chi connectivity index (χ4v) is 11.5. The van der Waals surface area contributed by atoms with Crippen molar-refractivity contribution in [2.24, 2.45) is 46.3 Å². The Labute approximate surface area is 308 Å². The van der Waals surface area contributed by atoms with Crippen molar-refractivity contribution in [1.82, 2.24) is 0 Å². The van der Waals surface area contributed by atoms with Gasteiger partial charge >= 0.3 is 5.97 Å². The highest BCUT2D eigenvalue weighted by Crippen LogP contribution is 2.67. The SMILES string of the molecule is CCCCC/C=C\C/C=C\C/C=C\CC1OC1CCCC(=O)O[C@H]1CC[C@@]2(C)C(=CC[C@H]3[C@@H]4CC[C@H]([C@H](C)CCCC(C)C)[C@@]4(C)CC[C@@H]32)C1. The molecule has 4 fully saturated rings. The van der Waals surface area contributed by atoms with Crippen LogP contribution < -0.4 is 0 Å². The number of esters is 1. The third-order valence-corrected chi connectivity index (χ3v) is 14.5. The quantitative estimate of drug-likeness (QED) is 0.0553. The smallest absolute Gasteiger partial charge is 0.306 e. The van der Waals surface area contributed by atoms with Crippen LogP contribution in [0, 0.1) is 46.3 Å². The van der Waals surface area contributed by atoms with E-state index < -0.39 is 0 Å². The molecule has 3 saturated carbocycles. The monoisotopic (exact) mass is 689 g/mol. The second kappa shape index (κ2) is 18.9. The van der Waals surface area contributed by atoms with E-state index in [0.717, 1.165) is 80.5 Å². The predicted octanol–water partition coefficient (Wildman–Crippen LogP) is 13.3. The van der Waals surface area contributed by atoms with E-state index in [2.05, 4.69) is 84.1 Å². The molecule has 0 aromatic rings. The number of epoxide rings is 1. The number of ether oxygens (including phenoxy) is 2. The van der Waals surface area contributed by atoms with Crippen molar-refractivity contribution in [2.75, 3.05) is 0 Å². The molecule has 4 aliphatic carbocycles. The van der Waals surface area contributed by atoms with E-state index in [4.69, 9.17) is 9.47 Å². The largest absolute Gasteiger partial charge is 0.462 e. The van der Waals surface area contributed by atoms with Crippen molar-refractivity contribution in [2.45, 2.75) is 195 Å². The van der Waals surface area contributed by atoms with Crippen LogP contribution in [0.4, 0.5) is 0 Å². The molecule has 0 aromatic carbocycles. The minimum atomic E-state index is 0.000482. The van der Waals surface area contributed by atoms with Gasteiger partial charge in [0.25, 0.3) is 0 Å². The van der Waals surface area contributed by atoms with E-state index in [9.17, 15) is 4.79 Å². The number of carbonyl (C=O) groups is 1. The first kappa shape index (κ1) is 39.6. The Morgan fingerprint density at radius 1 is 0.880 bits per heavy atom. The van der Waals surface area contributed by atoms with Gasteiger partial charge in [-0.15, -0.1) is 0 Å². The van der Waals surface area contributed by atoms with Crippen molar-refractivity contribution in [3.05, 3.63) is 48.1 Å². The molecule has 1 saturated heterocycles. The third kappa shape index (κ3) is 10.3. The van der Waals surface area contributed by atoms with Crippen LogP contribution in [0.2, 0.25) is 0 Å². The van der Waals surface area contributed by atoms with Crippen molar-refractivity contribution in [3.8, 4) is 0 Å². The van der Waals surface area contributed by atoms with Gasteiger partial charge in [0.2, 0.25) is 0 Å². The summed E-state index contributed by atoms with van der Waals surface area (Å²) in [6.07, 6.45) is 41.9. The minimum absolute atomic E-state index is 0.000482. The average Bonchev–Trinajstić information content (AvgIpc) is 3.73. The van der Waals surface area contributed by atoms with Gasteiger partial charge in [0, 0.05) is 12.8 Å². The van der Waals surface area contributed by atoms with Crippen molar-refractivity contribution < 1.29 is 14.3 Å². The topological polar surface area (TPSA) is 38.8 Å². The fourth-order valence-electron chi connectivity index (χ4n) is 11.5. The highest BCUT2D eigenvalue weighted by molar-refractivity contribution is 5.69. The molecule has 1 aliphatic heterocycles. The van der Waals surface area contributed by atoms with Crippen LogP contribution in [-0.2, 0) is 14.3 Å². The minimum Gasteiger partial charge on any atom is -0.462 e. The number of allylic oxidation sites excluding steroid dienone is 6. The molecule has 1 heterocycles. The Bertz CT molecular complexity index is 1180. The number of unbranched alkanes of at least 4 members (excludes halogenated alkanes) is 3. The Hall–Kier alpha value is -1.61. The molecule has 0 spiro atoms. The summed E-state index contributed by atoms with van der Waals surface area (Å²) in [5.74, 6) is 5.18. The fraction of sp³-hybridized carbons (Fsp3) is 0.809. The Balaban J connectivity index is 0.975. The normalized spacial score (nSPS) is 35.7. The van der Waals surface area contributed by atoms with Gasteiger partial charge in [-0.1, -0.05) is 122 Å². The van der Waals surface area contributed by atoms with Crippen LogP contribution in [0.5, 0.6) is 0 Å². The lowest BCUT2D eigenvalue weighted by molar-refractivity contribution is -0.151. The summed E-state index contributed by atoms with van der Waals surface area (Å²) in [5, 5.41) is 0. The van der Waals surface area contributed by atoms with Gasteiger partial charge in [-0.2, -0.15) is 0 Å². The molecule has 282 valence electrons. The van der Waals surface area contributed by atoms with Crippen LogP contribution >= 0.6 is 0 Å². The molecule has 10 atom stereocenters. The molecule has 0 N–H and O–H groups in total. The molecule has 0 amide bonds. The molecule has 0 radical (unpaired) electrons. The lowest BCUT2D eigenvalue weighted by atomic mass is 9.47. The number of fused-ring (bicyclic) bond motifs is 5. The Kier molecular flexibility index (Phi) is 15.0. The van der Waals surface area contributed by atoms with Crippen LogP contribution in [0.1, 0.15) is 176 Å². The molecule has 3 heteroatoms. The van der Waals surface area contributed by atoms with Gasteiger partial charge in [-0.3, -0.25) is 4.79 Å². The van der Waals surface area contributed by atoms with Crippen molar-refractivity contribution in [3.63, 3.8) is 0 Å². The summed E-state index contributed by atoms with van der Waals surface area (Å²) in [6, 6.07) is 0. The van der Waals surface area contributed by atoms with E-state index in [-0.39, 0.29) is 12.1 Å². The van der Waals surface area contributed by atoms with Gasteiger partial charge < -0.3 is 9.47 Å². The maximum Gasteiger partial charge on any atom is 0.306 e. The summed E-state index contributed by atoms with van der Waals surface area (Å²) in [4.78, 5) is 12.9.